The van der Waals surface area contributed by atoms with Gasteiger partial charge in [-0.3, -0.25) is 0 Å². The van der Waals surface area contributed by atoms with E-state index in [1.54, 1.807) is 0 Å². The highest BCUT2D eigenvalue weighted by molar-refractivity contribution is 5.55. The van der Waals surface area contributed by atoms with Crippen LogP contribution in [-0.2, 0) is 6.42 Å². The van der Waals surface area contributed by atoms with Gasteiger partial charge in [-0.25, -0.2) is 0 Å². The van der Waals surface area contributed by atoms with Gasteiger partial charge in [-0.1, -0.05) is 12.1 Å². The number of halogens is 2. The van der Waals surface area contributed by atoms with Crippen molar-refractivity contribution in [1.29, 1.82) is 0 Å². The van der Waals surface area contributed by atoms with Crippen molar-refractivity contribution in [3.8, 4) is 23.0 Å². The summed E-state index contributed by atoms with van der Waals surface area (Å²) in [6, 6.07) is 5.47. The Kier molecular flexibility index (Phi) is 2.16. The van der Waals surface area contributed by atoms with Crippen molar-refractivity contribution in [1.82, 2.24) is 0 Å². The Morgan fingerprint density at radius 1 is 0.833 bits per heavy atom. The summed E-state index contributed by atoms with van der Waals surface area (Å²) in [5, 5.41) is 18.5. The third-order valence-corrected chi connectivity index (χ3v) is 2.90. The summed E-state index contributed by atoms with van der Waals surface area (Å²) < 4.78 is 32.4. The Bertz CT molecular complexity index is 598. The first-order chi connectivity index (χ1) is 8.58. The molecule has 1 aliphatic rings. The van der Waals surface area contributed by atoms with E-state index in [1.165, 1.54) is 24.3 Å². The van der Waals surface area contributed by atoms with E-state index in [0.29, 0.717) is 11.1 Å². The van der Waals surface area contributed by atoms with Crippen LogP contribution in [0.1, 0.15) is 11.1 Å². The molecule has 18 heavy (non-hydrogen) atoms. The third-order valence-electron chi connectivity index (χ3n) is 2.90. The van der Waals surface area contributed by atoms with Crippen LogP contribution in [-0.4, -0.2) is 10.2 Å². The zero-order chi connectivity index (χ0) is 12.9. The van der Waals surface area contributed by atoms with Crippen LogP contribution in [0.3, 0.4) is 0 Å². The molecule has 92 valence electrons. The molecule has 0 atom stereocenters. The van der Waals surface area contributed by atoms with Gasteiger partial charge < -0.3 is 14.9 Å². The van der Waals surface area contributed by atoms with Gasteiger partial charge in [0.25, 0.3) is 0 Å². The fourth-order valence-corrected chi connectivity index (χ4v) is 1.98. The summed E-state index contributed by atoms with van der Waals surface area (Å²) in [5.41, 5.74) is 1.03. The molecule has 0 radical (unpaired) electrons. The first-order valence-corrected chi connectivity index (χ1v) is 5.26. The van der Waals surface area contributed by atoms with E-state index < -0.39 is 23.1 Å². The van der Waals surface area contributed by atoms with Crippen molar-refractivity contribution in [2.75, 3.05) is 0 Å². The molecular weight excluding hydrogens is 242 g/mol. The summed E-state index contributed by atoms with van der Waals surface area (Å²) in [6.45, 7) is 0. The molecule has 2 aromatic carbocycles. The predicted octanol–water partition coefficient (Wildman–Crippen LogP) is 3.07. The first-order valence-electron chi connectivity index (χ1n) is 5.26. The molecule has 0 saturated carbocycles. The number of rotatable bonds is 0. The summed E-state index contributed by atoms with van der Waals surface area (Å²) >= 11 is 0. The molecule has 0 saturated heterocycles. The molecule has 2 N–H and O–H groups in total. The summed E-state index contributed by atoms with van der Waals surface area (Å²) in [5.74, 6) is -3.38. The number of phenols is 2. The molecule has 1 heterocycles. The maximum Gasteiger partial charge on any atom is 0.207 e. The first kappa shape index (κ1) is 10.8. The zero-order valence-corrected chi connectivity index (χ0v) is 9.08. The zero-order valence-electron chi connectivity index (χ0n) is 9.08. The average Bonchev–Trinajstić information content (AvgIpc) is 2.37. The standard InChI is InChI=1S/C13H8F2O3/c14-10-8(16)3-1-6-5-7-2-4-9(17)11(15)13(7)18-12(6)10/h1-4,16-17H,5H2. The summed E-state index contributed by atoms with van der Waals surface area (Å²) in [6.07, 6.45) is 0.277. The van der Waals surface area contributed by atoms with Gasteiger partial charge >= 0.3 is 0 Å². The van der Waals surface area contributed by atoms with Crippen LogP contribution in [0.2, 0.25) is 0 Å². The fraction of sp³-hybridized carbons (Fsp3) is 0.0769. The molecule has 0 aromatic heterocycles. The quantitative estimate of drug-likeness (QED) is 0.644. The second-order valence-corrected chi connectivity index (χ2v) is 4.05. The maximum absolute atomic E-state index is 13.6. The smallest absolute Gasteiger partial charge is 0.207 e. The van der Waals surface area contributed by atoms with E-state index in [2.05, 4.69) is 0 Å². The molecule has 5 heteroatoms. The van der Waals surface area contributed by atoms with Crippen LogP contribution in [0.25, 0.3) is 0 Å². The Morgan fingerprint density at radius 3 is 1.72 bits per heavy atom. The molecule has 0 aliphatic carbocycles. The van der Waals surface area contributed by atoms with Crippen LogP contribution in [0, 0.1) is 11.6 Å². The van der Waals surface area contributed by atoms with Gasteiger partial charge in [0.2, 0.25) is 11.6 Å². The van der Waals surface area contributed by atoms with Crippen LogP contribution in [0.4, 0.5) is 8.78 Å². The lowest BCUT2D eigenvalue weighted by Gasteiger charge is -2.21. The van der Waals surface area contributed by atoms with E-state index in [-0.39, 0.29) is 17.9 Å². The van der Waals surface area contributed by atoms with Gasteiger partial charge in [0, 0.05) is 17.5 Å². The topological polar surface area (TPSA) is 49.7 Å². The second-order valence-electron chi connectivity index (χ2n) is 4.05. The lowest BCUT2D eigenvalue weighted by atomic mass is 9.99. The van der Waals surface area contributed by atoms with E-state index >= 15 is 0 Å². The van der Waals surface area contributed by atoms with E-state index in [1.807, 2.05) is 0 Å². The maximum atomic E-state index is 13.6. The Labute approximate surface area is 101 Å². The number of benzene rings is 2. The van der Waals surface area contributed by atoms with Gasteiger partial charge in [0.1, 0.15) is 0 Å². The van der Waals surface area contributed by atoms with Gasteiger partial charge in [-0.05, 0) is 12.1 Å². The third kappa shape index (κ3) is 1.40. The molecule has 0 amide bonds. The molecule has 1 aliphatic heterocycles. The van der Waals surface area contributed by atoms with Crippen molar-refractivity contribution in [2.24, 2.45) is 0 Å². The Hall–Kier alpha value is -2.30. The van der Waals surface area contributed by atoms with Crippen LogP contribution < -0.4 is 4.74 Å². The van der Waals surface area contributed by atoms with Crippen molar-refractivity contribution in [2.45, 2.75) is 6.42 Å². The van der Waals surface area contributed by atoms with Crippen LogP contribution in [0.15, 0.2) is 24.3 Å². The number of hydrogen-bond acceptors (Lipinski definition) is 3. The number of phenolic OH excluding ortho intramolecular Hbond substituents is 2. The van der Waals surface area contributed by atoms with Gasteiger partial charge in [0.15, 0.2) is 23.0 Å². The van der Waals surface area contributed by atoms with Crippen molar-refractivity contribution < 1.29 is 23.7 Å². The predicted molar refractivity (Wildman–Crippen MR) is 59.0 cm³/mol. The van der Waals surface area contributed by atoms with Crippen molar-refractivity contribution in [3.05, 3.63) is 47.0 Å². The number of ether oxygens (including phenoxy) is 1. The number of fused-ring (bicyclic) bond motifs is 2. The molecule has 3 nitrogen and oxygen atoms in total. The highest BCUT2D eigenvalue weighted by atomic mass is 19.1. The second kappa shape index (κ2) is 3.60. The average molecular weight is 250 g/mol. The summed E-state index contributed by atoms with van der Waals surface area (Å²) in [4.78, 5) is 0. The molecule has 2 aromatic rings. The van der Waals surface area contributed by atoms with Gasteiger partial charge in [-0.15, -0.1) is 0 Å². The van der Waals surface area contributed by atoms with Crippen LogP contribution >= 0.6 is 0 Å². The normalized spacial score (nSPS) is 12.6. The molecular formula is C13H8F2O3. The number of hydrogen-bond donors (Lipinski definition) is 2. The SMILES string of the molecule is Oc1ccc2c(c1F)Oc1c(ccc(O)c1F)C2. The molecule has 0 spiro atoms. The largest absolute Gasteiger partial charge is 0.505 e. The van der Waals surface area contributed by atoms with Gasteiger partial charge in [-0.2, -0.15) is 8.78 Å². The Morgan fingerprint density at radius 2 is 1.28 bits per heavy atom. The highest BCUT2D eigenvalue weighted by Gasteiger charge is 2.26. The molecule has 0 fully saturated rings. The van der Waals surface area contributed by atoms with Crippen molar-refractivity contribution in [3.63, 3.8) is 0 Å². The molecule has 3 rings (SSSR count). The van der Waals surface area contributed by atoms with E-state index in [4.69, 9.17) is 4.74 Å². The van der Waals surface area contributed by atoms with Crippen molar-refractivity contribution >= 4 is 0 Å². The molecule has 0 bridgehead atoms. The molecule has 0 unspecified atom stereocenters. The van der Waals surface area contributed by atoms with Crippen LogP contribution in [0.5, 0.6) is 23.0 Å². The summed E-state index contributed by atoms with van der Waals surface area (Å²) in [7, 11) is 0. The van der Waals surface area contributed by atoms with E-state index in [9.17, 15) is 19.0 Å². The lowest BCUT2D eigenvalue weighted by molar-refractivity contribution is 0.359. The van der Waals surface area contributed by atoms with E-state index in [0.717, 1.165) is 0 Å². The number of aromatic hydroxyl groups is 2. The lowest BCUT2D eigenvalue weighted by Crippen LogP contribution is -2.06. The van der Waals surface area contributed by atoms with Gasteiger partial charge in [0.05, 0.1) is 0 Å². The minimum atomic E-state index is -0.930. The monoisotopic (exact) mass is 250 g/mol. The minimum Gasteiger partial charge on any atom is -0.505 e. The minimum absolute atomic E-state index is 0.202. The fourth-order valence-electron chi connectivity index (χ4n) is 1.98. The highest BCUT2D eigenvalue weighted by Crippen LogP contribution is 2.43. The Balaban J connectivity index is 2.19.